The number of carboxylic acid groups (broad SMARTS) is 1. The summed E-state index contributed by atoms with van der Waals surface area (Å²) in [5.74, 6) is -1.93. The second-order valence-electron chi connectivity index (χ2n) is 3.58. The van der Waals surface area contributed by atoms with Gasteiger partial charge in [0.15, 0.2) is 6.10 Å². The van der Waals surface area contributed by atoms with Gasteiger partial charge >= 0.3 is 5.97 Å². The molecule has 0 aromatic rings. The van der Waals surface area contributed by atoms with E-state index in [1.54, 1.807) is 0 Å². The SMILES string of the molecule is O=C(CN1CCCC1=O)NCC(O)C(=O)O. The number of hydrogen-bond donors (Lipinski definition) is 3. The zero-order valence-corrected chi connectivity index (χ0v) is 8.68. The van der Waals surface area contributed by atoms with E-state index in [9.17, 15) is 14.4 Å². The summed E-state index contributed by atoms with van der Waals surface area (Å²) in [5, 5.41) is 19.5. The number of aliphatic carboxylic acids is 1. The number of carbonyl (C=O) groups excluding carboxylic acids is 2. The maximum absolute atomic E-state index is 11.3. The van der Waals surface area contributed by atoms with Gasteiger partial charge < -0.3 is 20.4 Å². The van der Waals surface area contributed by atoms with Crippen LogP contribution in [0.1, 0.15) is 12.8 Å². The van der Waals surface area contributed by atoms with Gasteiger partial charge in [-0.2, -0.15) is 0 Å². The molecule has 1 saturated heterocycles. The van der Waals surface area contributed by atoms with Gasteiger partial charge in [0, 0.05) is 13.0 Å². The lowest BCUT2D eigenvalue weighted by molar-refractivity contribution is -0.146. The molecular weight excluding hydrogens is 216 g/mol. The van der Waals surface area contributed by atoms with E-state index in [2.05, 4.69) is 5.32 Å². The molecule has 1 fully saturated rings. The molecule has 1 heterocycles. The number of nitrogens with one attached hydrogen (secondary N) is 1. The molecule has 1 atom stereocenters. The van der Waals surface area contributed by atoms with E-state index in [1.165, 1.54) is 4.90 Å². The van der Waals surface area contributed by atoms with Gasteiger partial charge in [-0.15, -0.1) is 0 Å². The molecule has 0 aromatic carbocycles. The Balaban J connectivity index is 2.25. The molecule has 0 saturated carbocycles. The third-order valence-corrected chi connectivity index (χ3v) is 2.28. The molecule has 0 radical (unpaired) electrons. The normalized spacial score (nSPS) is 17.3. The highest BCUT2D eigenvalue weighted by atomic mass is 16.4. The highest BCUT2D eigenvalue weighted by Crippen LogP contribution is 2.08. The van der Waals surface area contributed by atoms with Crippen molar-refractivity contribution in [2.45, 2.75) is 18.9 Å². The summed E-state index contributed by atoms with van der Waals surface area (Å²) in [5.41, 5.74) is 0. The molecule has 0 spiro atoms. The maximum Gasteiger partial charge on any atom is 0.334 e. The van der Waals surface area contributed by atoms with Gasteiger partial charge in [-0.05, 0) is 6.42 Å². The van der Waals surface area contributed by atoms with Crippen LogP contribution >= 0.6 is 0 Å². The van der Waals surface area contributed by atoms with Crippen molar-refractivity contribution in [2.24, 2.45) is 0 Å². The minimum atomic E-state index is -1.61. The highest BCUT2D eigenvalue weighted by Gasteiger charge is 2.22. The fraction of sp³-hybridized carbons (Fsp3) is 0.667. The Kier molecular flexibility index (Phi) is 4.24. The first-order valence-electron chi connectivity index (χ1n) is 4.96. The van der Waals surface area contributed by atoms with Gasteiger partial charge in [-0.1, -0.05) is 0 Å². The highest BCUT2D eigenvalue weighted by molar-refractivity contribution is 5.86. The first-order valence-corrected chi connectivity index (χ1v) is 4.96. The van der Waals surface area contributed by atoms with Crippen molar-refractivity contribution in [2.75, 3.05) is 19.6 Å². The second-order valence-corrected chi connectivity index (χ2v) is 3.58. The summed E-state index contributed by atoms with van der Waals surface area (Å²) in [7, 11) is 0. The Morgan fingerprint density at radius 2 is 2.19 bits per heavy atom. The monoisotopic (exact) mass is 230 g/mol. The zero-order valence-electron chi connectivity index (χ0n) is 8.68. The van der Waals surface area contributed by atoms with Gasteiger partial charge in [0.05, 0.1) is 13.1 Å². The van der Waals surface area contributed by atoms with Gasteiger partial charge in [0.1, 0.15) is 0 Å². The standard InChI is InChI=1S/C9H14N2O5/c12-6(9(15)16)4-10-7(13)5-11-3-1-2-8(11)14/h6,12H,1-5H2,(H,10,13)(H,15,16). The van der Waals surface area contributed by atoms with E-state index < -0.39 is 18.0 Å². The van der Waals surface area contributed by atoms with Crippen molar-refractivity contribution in [3.05, 3.63) is 0 Å². The molecule has 7 nitrogen and oxygen atoms in total. The van der Waals surface area contributed by atoms with Crippen molar-refractivity contribution in [1.29, 1.82) is 0 Å². The minimum Gasteiger partial charge on any atom is -0.479 e. The van der Waals surface area contributed by atoms with E-state index in [-0.39, 0.29) is 19.0 Å². The van der Waals surface area contributed by atoms with Crippen LogP contribution in [0.3, 0.4) is 0 Å². The molecule has 0 aliphatic carbocycles. The molecule has 1 rings (SSSR count). The lowest BCUT2D eigenvalue weighted by Gasteiger charge is -2.15. The van der Waals surface area contributed by atoms with Crippen molar-refractivity contribution in [3.8, 4) is 0 Å². The molecule has 7 heteroatoms. The molecular formula is C9H14N2O5. The predicted molar refractivity (Wildman–Crippen MR) is 52.5 cm³/mol. The maximum atomic E-state index is 11.3. The van der Waals surface area contributed by atoms with Crippen molar-refractivity contribution in [1.82, 2.24) is 10.2 Å². The fourth-order valence-corrected chi connectivity index (χ4v) is 1.40. The third kappa shape index (κ3) is 3.50. The number of carbonyl (C=O) groups is 3. The Bertz CT molecular complexity index is 304. The zero-order chi connectivity index (χ0) is 12.1. The lowest BCUT2D eigenvalue weighted by atomic mass is 10.3. The molecule has 0 aromatic heterocycles. The van der Waals surface area contributed by atoms with Crippen LogP contribution in [-0.4, -0.2) is 58.6 Å². The number of likely N-dealkylation sites (tertiary alicyclic amines) is 1. The van der Waals surface area contributed by atoms with Crippen LogP contribution in [-0.2, 0) is 14.4 Å². The molecule has 90 valence electrons. The molecule has 1 aliphatic heterocycles. The molecule has 16 heavy (non-hydrogen) atoms. The summed E-state index contributed by atoms with van der Waals surface area (Å²) >= 11 is 0. The van der Waals surface area contributed by atoms with Crippen LogP contribution in [0.15, 0.2) is 0 Å². The van der Waals surface area contributed by atoms with Gasteiger partial charge in [0.2, 0.25) is 11.8 Å². The predicted octanol–water partition coefficient (Wildman–Crippen LogP) is -1.83. The molecule has 2 amide bonds. The Hall–Kier alpha value is -1.63. The van der Waals surface area contributed by atoms with Crippen LogP contribution in [0.4, 0.5) is 0 Å². The number of nitrogens with zero attached hydrogens (tertiary/aromatic N) is 1. The van der Waals surface area contributed by atoms with Crippen molar-refractivity contribution in [3.63, 3.8) is 0 Å². The van der Waals surface area contributed by atoms with Crippen LogP contribution in [0.25, 0.3) is 0 Å². The van der Waals surface area contributed by atoms with Crippen molar-refractivity contribution < 1.29 is 24.6 Å². The summed E-state index contributed by atoms with van der Waals surface area (Å²) < 4.78 is 0. The van der Waals surface area contributed by atoms with E-state index in [0.717, 1.165) is 6.42 Å². The van der Waals surface area contributed by atoms with E-state index >= 15 is 0 Å². The average molecular weight is 230 g/mol. The van der Waals surface area contributed by atoms with Crippen molar-refractivity contribution >= 4 is 17.8 Å². The third-order valence-electron chi connectivity index (χ3n) is 2.28. The number of aliphatic hydroxyl groups is 1. The van der Waals surface area contributed by atoms with Gasteiger partial charge in [-0.25, -0.2) is 4.79 Å². The first-order chi connectivity index (χ1) is 7.50. The van der Waals surface area contributed by atoms with Crippen LogP contribution in [0, 0.1) is 0 Å². The Morgan fingerprint density at radius 3 is 2.69 bits per heavy atom. The summed E-state index contributed by atoms with van der Waals surface area (Å²) in [6, 6.07) is 0. The largest absolute Gasteiger partial charge is 0.479 e. The number of amides is 2. The second kappa shape index (κ2) is 5.45. The minimum absolute atomic E-state index is 0.0751. The molecule has 0 bridgehead atoms. The van der Waals surface area contributed by atoms with E-state index in [1.807, 2.05) is 0 Å². The first kappa shape index (κ1) is 12.4. The van der Waals surface area contributed by atoms with E-state index in [0.29, 0.717) is 13.0 Å². The van der Waals surface area contributed by atoms with Gasteiger partial charge in [-0.3, -0.25) is 9.59 Å². The molecule has 3 N–H and O–H groups in total. The molecule has 1 aliphatic rings. The number of carboxylic acids is 1. The fourth-order valence-electron chi connectivity index (χ4n) is 1.40. The number of aliphatic hydroxyl groups excluding tert-OH is 1. The summed E-state index contributed by atoms with van der Waals surface area (Å²) in [6.07, 6.45) is -0.423. The lowest BCUT2D eigenvalue weighted by Crippen LogP contribution is -2.42. The Labute approximate surface area is 92.0 Å². The van der Waals surface area contributed by atoms with E-state index in [4.69, 9.17) is 10.2 Å². The Morgan fingerprint density at radius 1 is 1.50 bits per heavy atom. The summed E-state index contributed by atoms with van der Waals surface area (Å²) in [6.45, 7) is 0.120. The van der Waals surface area contributed by atoms with Crippen LogP contribution in [0.2, 0.25) is 0 Å². The number of hydrogen-bond acceptors (Lipinski definition) is 4. The topological polar surface area (TPSA) is 107 Å². The average Bonchev–Trinajstić information content (AvgIpc) is 2.60. The van der Waals surface area contributed by atoms with Crippen LogP contribution < -0.4 is 5.32 Å². The quantitative estimate of drug-likeness (QED) is 0.515. The summed E-state index contributed by atoms with van der Waals surface area (Å²) in [4.78, 5) is 34.1. The van der Waals surface area contributed by atoms with Gasteiger partial charge in [0.25, 0.3) is 0 Å². The smallest absolute Gasteiger partial charge is 0.334 e. The van der Waals surface area contributed by atoms with Crippen LogP contribution in [0.5, 0.6) is 0 Å². The number of rotatable bonds is 5. The molecule has 1 unspecified atom stereocenters.